The molecule has 0 amide bonds. The Bertz CT molecular complexity index is 825. The molecule has 0 aliphatic rings. The Labute approximate surface area is 122 Å². The normalized spacial score (nSPS) is 10.5. The van der Waals surface area contributed by atoms with Crippen LogP contribution in [0.15, 0.2) is 71.8 Å². The van der Waals surface area contributed by atoms with Crippen molar-refractivity contribution in [3.63, 3.8) is 0 Å². The lowest BCUT2D eigenvalue weighted by molar-refractivity contribution is -0.597. The van der Waals surface area contributed by atoms with Gasteiger partial charge in [-0.1, -0.05) is 24.3 Å². The van der Waals surface area contributed by atoms with Crippen LogP contribution in [0.4, 0.5) is 0 Å². The predicted molar refractivity (Wildman–Crippen MR) is 80.0 cm³/mol. The van der Waals surface area contributed by atoms with Gasteiger partial charge >= 0.3 is 0 Å². The SMILES string of the molecule is Cc1cc(=O)n(-c2ccccc2)c(O)c1-[n+]1ccccc1. The van der Waals surface area contributed by atoms with E-state index in [0.29, 0.717) is 11.4 Å². The van der Waals surface area contributed by atoms with E-state index in [2.05, 4.69) is 0 Å². The van der Waals surface area contributed by atoms with E-state index in [1.807, 2.05) is 55.7 Å². The molecule has 0 spiro atoms. The highest BCUT2D eigenvalue weighted by molar-refractivity contribution is 5.47. The molecule has 0 saturated carbocycles. The maximum atomic E-state index is 12.2. The van der Waals surface area contributed by atoms with Crippen molar-refractivity contribution in [1.29, 1.82) is 0 Å². The summed E-state index contributed by atoms with van der Waals surface area (Å²) in [5, 5.41) is 10.6. The third-order valence-electron chi connectivity index (χ3n) is 3.35. The molecule has 0 aliphatic carbocycles. The monoisotopic (exact) mass is 279 g/mol. The van der Waals surface area contributed by atoms with Gasteiger partial charge in [0.15, 0.2) is 12.4 Å². The number of para-hydroxylation sites is 1. The second kappa shape index (κ2) is 5.25. The standard InChI is InChI=1S/C17H14N2O2/c1-13-12-15(20)19(14-8-4-2-5-9-14)17(21)16(13)18-10-6-3-7-11-18/h2-12H,1H3/p+1. The lowest BCUT2D eigenvalue weighted by atomic mass is 10.2. The van der Waals surface area contributed by atoms with E-state index >= 15 is 0 Å². The van der Waals surface area contributed by atoms with Gasteiger partial charge in [-0.05, 0) is 19.1 Å². The molecule has 0 unspecified atom stereocenters. The van der Waals surface area contributed by atoms with E-state index in [0.717, 1.165) is 5.56 Å². The minimum atomic E-state index is -0.253. The molecule has 0 saturated heterocycles. The van der Waals surface area contributed by atoms with E-state index in [1.54, 1.807) is 16.7 Å². The van der Waals surface area contributed by atoms with Crippen molar-refractivity contribution in [2.75, 3.05) is 0 Å². The minimum Gasteiger partial charge on any atom is -0.489 e. The Hall–Kier alpha value is -2.88. The lowest BCUT2D eigenvalue weighted by Gasteiger charge is -2.10. The van der Waals surface area contributed by atoms with E-state index in [9.17, 15) is 9.90 Å². The van der Waals surface area contributed by atoms with Crippen LogP contribution >= 0.6 is 0 Å². The zero-order chi connectivity index (χ0) is 14.8. The van der Waals surface area contributed by atoms with Gasteiger partial charge in [-0.3, -0.25) is 4.79 Å². The third kappa shape index (κ3) is 2.31. The van der Waals surface area contributed by atoms with E-state index < -0.39 is 0 Å². The Morgan fingerprint density at radius 3 is 2.29 bits per heavy atom. The van der Waals surface area contributed by atoms with Gasteiger partial charge in [-0.25, -0.2) is 4.57 Å². The van der Waals surface area contributed by atoms with Crippen LogP contribution in [-0.4, -0.2) is 9.67 Å². The van der Waals surface area contributed by atoms with E-state index in [-0.39, 0.29) is 11.4 Å². The summed E-state index contributed by atoms with van der Waals surface area (Å²) in [7, 11) is 0. The molecule has 4 nitrogen and oxygen atoms in total. The van der Waals surface area contributed by atoms with Crippen LogP contribution in [0.25, 0.3) is 11.4 Å². The van der Waals surface area contributed by atoms with Crippen LogP contribution in [0.5, 0.6) is 5.88 Å². The quantitative estimate of drug-likeness (QED) is 0.730. The summed E-state index contributed by atoms with van der Waals surface area (Å²) in [6.07, 6.45) is 3.67. The van der Waals surface area contributed by atoms with Crippen LogP contribution < -0.4 is 10.1 Å². The first-order valence-corrected chi connectivity index (χ1v) is 6.66. The molecule has 2 aromatic heterocycles. The Kier molecular flexibility index (Phi) is 3.28. The highest BCUT2D eigenvalue weighted by atomic mass is 16.3. The molecule has 4 heteroatoms. The maximum absolute atomic E-state index is 12.2. The molecule has 0 atom stereocenters. The average Bonchev–Trinajstić information content (AvgIpc) is 2.49. The summed E-state index contributed by atoms with van der Waals surface area (Å²) in [5.41, 5.74) is 1.70. The summed E-state index contributed by atoms with van der Waals surface area (Å²) in [4.78, 5) is 12.2. The van der Waals surface area contributed by atoms with Gasteiger partial charge in [0.25, 0.3) is 17.1 Å². The number of hydrogen-bond donors (Lipinski definition) is 1. The van der Waals surface area contributed by atoms with Gasteiger partial charge < -0.3 is 5.11 Å². The summed E-state index contributed by atoms with van der Waals surface area (Å²) >= 11 is 0. The average molecular weight is 279 g/mol. The van der Waals surface area contributed by atoms with Crippen LogP contribution in [0.3, 0.4) is 0 Å². The fourth-order valence-electron chi connectivity index (χ4n) is 2.40. The van der Waals surface area contributed by atoms with Crippen molar-refractivity contribution in [3.05, 3.63) is 82.9 Å². The molecule has 0 aliphatic heterocycles. The zero-order valence-electron chi connectivity index (χ0n) is 11.6. The fraction of sp³-hybridized carbons (Fsp3) is 0.0588. The summed E-state index contributed by atoms with van der Waals surface area (Å²) in [5.74, 6) is -0.0672. The van der Waals surface area contributed by atoms with Gasteiger partial charge in [0, 0.05) is 23.8 Å². The summed E-state index contributed by atoms with van der Waals surface area (Å²) < 4.78 is 3.10. The van der Waals surface area contributed by atoms with Crippen molar-refractivity contribution in [2.24, 2.45) is 0 Å². The summed E-state index contributed by atoms with van der Waals surface area (Å²) in [6, 6.07) is 16.3. The van der Waals surface area contributed by atoms with Crippen molar-refractivity contribution in [2.45, 2.75) is 6.92 Å². The van der Waals surface area contributed by atoms with Crippen molar-refractivity contribution >= 4 is 0 Å². The van der Waals surface area contributed by atoms with E-state index in [1.165, 1.54) is 10.6 Å². The molecule has 0 bridgehead atoms. The number of hydrogen-bond acceptors (Lipinski definition) is 2. The van der Waals surface area contributed by atoms with Crippen LogP contribution in [-0.2, 0) is 0 Å². The van der Waals surface area contributed by atoms with Crippen molar-refractivity contribution in [3.8, 4) is 17.3 Å². The maximum Gasteiger partial charge on any atom is 0.274 e. The third-order valence-corrected chi connectivity index (χ3v) is 3.35. The Balaban J connectivity index is 2.31. The smallest absolute Gasteiger partial charge is 0.274 e. The highest BCUT2D eigenvalue weighted by Gasteiger charge is 2.21. The molecule has 1 N–H and O–H groups in total. The molecular weight excluding hydrogens is 264 g/mol. The largest absolute Gasteiger partial charge is 0.489 e. The van der Waals surface area contributed by atoms with E-state index in [4.69, 9.17) is 0 Å². The molecule has 3 aromatic rings. The van der Waals surface area contributed by atoms with Crippen molar-refractivity contribution in [1.82, 2.24) is 4.57 Å². The van der Waals surface area contributed by atoms with Crippen LogP contribution in [0.2, 0.25) is 0 Å². The number of aromatic nitrogens is 2. The number of aromatic hydroxyl groups is 1. The second-order valence-electron chi connectivity index (χ2n) is 4.79. The molecular formula is C17H15N2O2+. The summed E-state index contributed by atoms with van der Waals surface area (Å²) in [6.45, 7) is 1.81. The fourth-order valence-corrected chi connectivity index (χ4v) is 2.40. The first-order valence-electron chi connectivity index (χ1n) is 6.66. The first-order chi connectivity index (χ1) is 10.2. The van der Waals surface area contributed by atoms with Crippen LogP contribution in [0.1, 0.15) is 5.56 Å². The molecule has 2 heterocycles. The first kappa shape index (κ1) is 13.1. The Morgan fingerprint density at radius 1 is 1.00 bits per heavy atom. The van der Waals surface area contributed by atoms with Gasteiger partial charge in [0.1, 0.15) is 0 Å². The number of benzene rings is 1. The molecule has 0 fully saturated rings. The van der Waals surface area contributed by atoms with Gasteiger partial charge in [-0.15, -0.1) is 0 Å². The lowest BCUT2D eigenvalue weighted by Crippen LogP contribution is -2.33. The van der Waals surface area contributed by atoms with Gasteiger partial charge in [-0.2, -0.15) is 4.57 Å². The van der Waals surface area contributed by atoms with Crippen molar-refractivity contribution < 1.29 is 9.67 Å². The molecule has 21 heavy (non-hydrogen) atoms. The number of rotatable bonds is 2. The number of pyridine rings is 2. The molecule has 104 valence electrons. The minimum absolute atomic E-state index is 0.0672. The molecule has 0 radical (unpaired) electrons. The second-order valence-corrected chi connectivity index (χ2v) is 4.79. The highest BCUT2D eigenvalue weighted by Crippen LogP contribution is 2.21. The van der Waals surface area contributed by atoms with Gasteiger partial charge in [0.2, 0.25) is 0 Å². The Morgan fingerprint density at radius 2 is 1.62 bits per heavy atom. The van der Waals surface area contributed by atoms with Gasteiger partial charge in [0.05, 0.1) is 5.69 Å². The topological polar surface area (TPSA) is 46.1 Å². The number of aryl methyl sites for hydroxylation is 1. The predicted octanol–water partition coefficient (Wildman–Crippen LogP) is 2.13. The molecule has 3 rings (SSSR count). The van der Waals surface area contributed by atoms with Crippen LogP contribution in [0, 0.1) is 6.92 Å². The zero-order valence-corrected chi connectivity index (χ0v) is 11.6. The molecule has 1 aromatic carbocycles. The number of nitrogens with zero attached hydrogens (tertiary/aromatic N) is 2.